The Balaban J connectivity index is 3.45. The second kappa shape index (κ2) is 4.49. The zero-order valence-corrected chi connectivity index (χ0v) is 11.1. The molecule has 1 aromatic rings. The molecular formula is C11H12BrF3O2. The van der Waals surface area contributed by atoms with Gasteiger partial charge in [-0.05, 0) is 31.5 Å². The Morgan fingerprint density at radius 3 is 2.24 bits per heavy atom. The van der Waals surface area contributed by atoms with Gasteiger partial charge in [0.15, 0.2) is 5.60 Å². The summed E-state index contributed by atoms with van der Waals surface area (Å²) in [5.41, 5.74) is -2.65. The Hall–Kier alpha value is -0.750. The number of aryl methyl sites for hydroxylation is 1. The van der Waals surface area contributed by atoms with Crippen LogP contribution in [-0.2, 0) is 5.60 Å². The van der Waals surface area contributed by atoms with Crippen molar-refractivity contribution in [3.63, 3.8) is 0 Å². The molecule has 96 valence electrons. The van der Waals surface area contributed by atoms with Crippen LogP contribution in [0.5, 0.6) is 5.75 Å². The average molecular weight is 313 g/mol. The van der Waals surface area contributed by atoms with Gasteiger partial charge in [-0.2, -0.15) is 13.2 Å². The summed E-state index contributed by atoms with van der Waals surface area (Å²) in [6, 6.07) is 2.67. The number of hydrogen-bond acceptors (Lipinski definition) is 2. The molecule has 17 heavy (non-hydrogen) atoms. The summed E-state index contributed by atoms with van der Waals surface area (Å²) in [6.07, 6.45) is -4.76. The van der Waals surface area contributed by atoms with Crippen molar-refractivity contribution in [1.82, 2.24) is 0 Å². The summed E-state index contributed by atoms with van der Waals surface area (Å²) in [5.74, 6) is -0.00944. The van der Waals surface area contributed by atoms with Crippen LogP contribution in [-0.4, -0.2) is 18.4 Å². The molecule has 1 N–H and O–H groups in total. The quantitative estimate of drug-likeness (QED) is 0.905. The van der Waals surface area contributed by atoms with E-state index in [-0.39, 0.29) is 11.3 Å². The van der Waals surface area contributed by atoms with Crippen molar-refractivity contribution in [2.45, 2.75) is 25.6 Å². The summed E-state index contributed by atoms with van der Waals surface area (Å²) in [7, 11) is 1.26. The normalized spacial score (nSPS) is 15.5. The molecule has 1 aromatic carbocycles. The topological polar surface area (TPSA) is 29.5 Å². The highest BCUT2D eigenvalue weighted by Crippen LogP contribution is 2.43. The molecule has 0 bridgehead atoms. The van der Waals surface area contributed by atoms with Crippen LogP contribution >= 0.6 is 15.9 Å². The number of hydrogen-bond donors (Lipinski definition) is 1. The van der Waals surface area contributed by atoms with E-state index in [0.717, 1.165) is 0 Å². The fourth-order valence-electron chi connectivity index (χ4n) is 1.37. The van der Waals surface area contributed by atoms with E-state index in [1.165, 1.54) is 19.2 Å². The zero-order valence-electron chi connectivity index (χ0n) is 9.52. The summed E-state index contributed by atoms with van der Waals surface area (Å²) in [6.45, 7) is 2.34. The van der Waals surface area contributed by atoms with E-state index in [9.17, 15) is 18.3 Å². The van der Waals surface area contributed by atoms with Gasteiger partial charge in [0.2, 0.25) is 0 Å². The predicted octanol–water partition coefficient (Wildman–Crippen LogP) is 3.54. The van der Waals surface area contributed by atoms with Gasteiger partial charge >= 0.3 is 6.18 Å². The number of benzene rings is 1. The van der Waals surface area contributed by atoms with Crippen LogP contribution in [0.3, 0.4) is 0 Å². The molecular weight excluding hydrogens is 301 g/mol. The Labute approximate surface area is 106 Å². The van der Waals surface area contributed by atoms with Crippen LogP contribution in [0, 0.1) is 6.92 Å². The van der Waals surface area contributed by atoms with Crippen LogP contribution in [0.2, 0.25) is 0 Å². The molecule has 2 nitrogen and oxygen atoms in total. The fraction of sp³-hybridized carbons (Fsp3) is 0.455. The molecule has 0 aliphatic rings. The van der Waals surface area contributed by atoms with Gasteiger partial charge in [-0.15, -0.1) is 0 Å². The molecule has 0 fully saturated rings. The van der Waals surface area contributed by atoms with E-state index in [4.69, 9.17) is 4.74 Å². The Morgan fingerprint density at radius 2 is 1.82 bits per heavy atom. The maximum atomic E-state index is 12.8. The number of ether oxygens (including phenoxy) is 1. The number of aliphatic hydroxyl groups is 1. The molecule has 0 amide bonds. The van der Waals surface area contributed by atoms with Gasteiger partial charge in [0.25, 0.3) is 0 Å². The lowest BCUT2D eigenvalue weighted by molar-refractivity contribution is -0.259. The monoisotopic (exact) mass is 312 g/mol. The molecule has 0 aliphatic heterocycles. The van der Waals surface area contributed by atoms with Crippen molar-refractivity contribution < 1.29 is 23.0 Å². The van der Waals surface area contributed by atoms with Gasteiger partial charge in [-0.1, -0.05) is 15.9 Å². The number of halogens is 4. The highest BCUT2D eigenvalue weighted by atomic mass is 79.9. The highest BCUT2D eigenvalue weighted by Gasteiger charge is 2.52. The van der Waals surface area contributed by atoms with Gasteiger partial charge in [-0.25, -0.2) is 0 Å². The smallest absolute Gasteiger partial charge is 0.421 e. The van der Waals surface area contributed by atoms with Crippen LogP contribution in [0.15, 0.2) is 16.6 Å². The van der Waals surface area contributed by atoms with Crippen molar-refractivity contribution in [3.8, 4) is 5.75 Å². The third kappa shape index (κ3) is 2.57. The van der Waals surface area contributed by atoms with E-state index in [1.807, 2.05) is 0 Å². The fourth-order valence-corrected chi connectivity index (χ4v) is 1.69. The molecule has 0 aromatic heterocycles. The van der Waals surface area contributed by atoms with Gasteiger partial charge in [-0.3, -0.25) is 0 Å². The van der Waals surface area contributed by atoms with Crippen molar-refractivity contribution in [2.75, 3.05) is 7.11 Å². The Morgan fingerprint density at radius 1 is 1.29 bits per heavy atom. The van der Waals surface area contributed by atoms with E-state index < -0.39 is 11.8 Å². The first-order valence-electron chi connectivity index (χ1n) is 4.75. The van der Waals surface area contributed by atoms with E-state index in [2.05, 4.69) is 15.9 Å². The molecule has 1 atom stereocenters. The predicted molar refractivity (Wildman–Crippen MR) is 61.1 cm³/mol. The number of alkyl halides is 3. The molecule has 0 saturated heterocycles. The summed E-state index contributed by atoms with van der Waals surface area (Å²) < 4.78 is 43.7. The molecule has 0 heterocycles. The molecule has 6 heteroatoms. The van der Waals surface area contributed by atoms with Crippen LogP contribution < -0.4 is 4.74 Å². The van der Waals surface area contributed by atoms with E-state index in [1.54, 1.807) is 6.92 Å². The van der Waals surface area contributed by atoms with Crippen molar-refractivity contribution in [3.05, 3.63) is 27.7 Å². The molecule has 0 saturated carbocycles. The second-order valence-corrected chi connectivity index (χ2v) is 4.73. The maximum Gasteiger partial charge on any atom is 0.421 e. The Bertz CT molecular complexity index is 427. The summed E-state index contributed by atoms with van der Waals surface area (Å²) in [5, 5.41) is 9.63. The van der Waals surface area contributed by atoms with Gasteiger partial charge in [0.05, 0.1) is 7.11 Å². The van der Waals surface area contributed by atoms with E-state index >= 15 is 0 Å². The van der Waals surface area contributed by atoms with Crippen molar-refractivity contribution in [2.24, 2.45) is 0 Å². The van der Waals surface area contributed by atoms with Gasteiger partial charge in [0.1, 0.15) is 5.75 Å². The highest BCUT2D eigenvalue weighted by molar-refractivity contribution is 9.10. The van der Waals surface area contributed by atoms with Crippen LogP contribution in [0.1, 0.15) is 18.1 Å². The SMILES string of the molecule is COc1cc(Br)c(C)cc1C(C)(O)C(F)(F)F. The minimum absolute atomic E-state index is 0.00944. The molecule has 0 radical (unpaired) electrons. The molecule has 1 unspecified atom stereocenters. The third-order valence-corrected chi connectivity index (χ3v) is 3.41. The zero-order chi connectivity index (χ0) is 13.4. The summed E-state index contributed by atoms with van der Waals surface area (Å²) >= 11 is 3.20. The van der Waals surface area contributed by atoms with E-state index in [0.29, 0.717) is 17.0 Å². The second-order valence-electron chi connectivity index (χ2n) is 3.87. The largest absolute Gasteiger partial charge is 0.496 e. The first-order chi connectivity index (χ1) is 7.61. The molecule has 0 aliphatic carbocycles. The number of rotatable bonds is 2. The third-order valence-electron chi connectivity index (χ3n) is 2.56. The standard InChI is InChI=1S/C11H12BrF3O2/c1-6-4-7(9(17-3)5-8(6)12)10(2,16)11(13,14)15/h4-5,16H,1-3H3. The van der Waals surface area contributed by atoms with Gasteiger partial charge < -0.3 is 9.84 Å². The minimum Gasteiger partial charge on any atom is -0.496 e. The lowest BCUT2D eigenvalue weighted by atomic mass is 9.93. The first-order valence-corrected chi connectivity index (χ1v) is 5.54. The lowest BCUT2D eigenvalue weighted by Gasteiger charge is -2.28. The van der Waals surface area contributed by atoms with Gasteiger partial charge in [0, 0.05) is 10.0 Å². The van der Waals surface area contributed by atoms with Crippen molar-refractivity contribution in [1.29, 1.82) is 0 Å². The van der Waals surface area contributed by atoms with Crippen molar-refractivity contribution >= 4 is 15.9 Å². The average Bonchev–Trinajstić information content (AvgIpc) is 2.19. The number of methoxy groups -OCH3 is 1. The molecule has 1 rings (SSSR count). The first kappa shape index (κ1) is 14.3. The van der Waals surface area contributed by atoms with Crippen LogP contribution in [0.4, 0.5) is 13.2 Å². The maximum absolute atomic E-state index is 12.8. The minimum atomic E-state index is -4.76. The Kier molecular flexibility index (Phi) is 3.78. The lowest BCUT2D eigenvalue weighted by Crippen LogP contribution is -2.39. The molecule has 0 spiro atoms. The van der Waals surface area contributed by atoms with Crippen LogP contribution in [0.25, 0.3) is 0 Å². The summed E-state index contributed by atoms with van der Waals surface area (Å²) in [4.78, 5) is 0.